The van der Waals surface area contributed by atoms with Crippen LogP contribution in [0.2, 0.25) is 0 Å². The highest BCUT2D eigenvalue weighted by atomic mass is 35.5. The van der Waals surface area contributed by atoms with Crippen LogP contribution in [0.1, 0.15) is 19.3 Å². The zero-order valence-electron chi connectivity index (χ0n) is 17.9. The molecule has 1 aliphatic heterocycles. The molecule has 1 atom stereocenters. The number of ether oxygens (including phenoxy) is 1. The third kappa shape index (κ3) is 4.33. The maximum Gasteiger partial charge on any atom is 0.214 e. The van der Waals surface area contributed by atoms with Crippen molar-refractivity contribution in [3.05, 3.63) is 72.8 Å². The van der Waals surface area contributed by atoms with E-state index < -0.39 is 0 Å². The van der Waals surface area contributed by atoms with Crippen molar-refractivity contribution in [2.45, 2.75) is 25.3 Å². The molecule has 1 aliphatic rings. The first kappa shape index (κ1) is 22.2. The summed E-state index contributed by atoms with van der Waals surface area (Å²) in [6, 6.07) is 16.9. The molecule has 4 heterocycles. The molecule has 1 fully saturated rings. The van der Waals surface area contributed by atoms with Gasteiger partial charge in [-0.15, -0.1) is 12.4 Å². The molecule has 0 aliphatic carbocycles. The minimum atomic E-state index is -0.265. The van der Waals surface area contributed by atoms with Gasteiger partial charge in [0.2, 0.25) is 5.88 Å². The fourth-order valence-corrected chi connectivity index (χ4v) is 4.41. The van der Waals surface area contributed by atoms with Crippen molar-refractivity contribution in [2.24, 2.45) is 0 Å². The van der Waals surface area contributed by atoms with Gasteiger partial charge in [0.1, 0.15) is 11.5 Å². The summed E-state index contributed by atoms with van der Waals surface area (Å²) >= 11 is 0. The predicted octanol–water partition coefficient (Wildman–Crippen LogP) is 5.49. The molecule has 0 bridgehead atoms. The maximum atomic E-state index is 13.5. The molecule has 5 nitrogen and oxygen atoms in total. The number of pyridine rings is 2. The lowest BCUT2D eigenvalue weighted by molar-refractivity contribution is 0.225. The van der Waals surface area contributed by atoms with Crippen molar-refractivity contribution in [3.8, 4) is 28.3 Å². The van der Waals surface area contributed by atoms with Gasteiger partial charge in [-0.2, -0.15) is 9.61 Å². The second-order valence-electron chi connectivity index (χ2n) is 8.04. The molecule has 0 amide bonds. The summed E-state index contributed by atoms with van der Waals surface area (Å²) in [6.07, 6.45) is 7.02. The average molecular weight is 453 g/mol. The monoisotopic (exact) mass is 452 g/mol. The Labute approximate surface area is 193 Å². The summed E-state index contributed by atoms with van der Waals surface area (Å²) < 4.78 is 21.6. The summed E-state index contributed by atoms with van der Waals surface area (Å²) in [7, 11) is 2.18. The van der Waals surface area contributed by atoms with Gasteiger partial charge in [-0.3, -0.25) is 4.98 Å². The lowest BCUT2D eigenvalue weighted by atomic mass is 10.0. The van der Waals surface area contributed by atoms with Crippen molar-refractivity contribution in [3.63, 3.8) is 0 Å². The van der Waals surface area contributed by atoms with Crippen molar-refractivity contribution in [1.82, 2.24) is 19.5 Å². The van der Waals surface area contributed by atoms with Crippen molar-refractivity contribution in [2.75, 3.05) is 20.2 Å². The molecule has 4 aromatic rings. The smallest absolute Gasteiger partial charge is 0.214 e. The highest BCUT2D eigenvalue weighted by molar-refractivity contribution is 5.92. The number of likely N-dealkylation sites (tertiary alicyclic amines) is 1. The van der Waals surface area contributed by atoms with Crippen LogP contribution >= 0.6 is 12.4 Å². The Morgan fingerprint density at radius 2 is 1.81 bits per heavy atom. The van der Waals surface area contributed by atoms with E-state index in [1.165, 1.54) is 25.0 Å². The van der Waals surface area contributed by atoms with Crippen LogP contribution in [-0.4, -0.2) is 45.7 Å². The first-order valence-corrected chi connectivity index (χ1v) is 10.7. The Kier molecular flexibility index (Phi) is 6.72. The number of aromatic nitrogens is 3. The van der Waals surface area contributed by atoms with Crippen LogP contribution in [0.15, 0.2) is 67.0 Å². The summed E-state index contributed by atoms with van der Waals surface area (Å²) in [5.74, 6) is 0.445. The second kappa shape index (κ2) is 9.67. The van der Waals surface area contributed by atoms with Gasteiger partial charge in [-0.05, 0) is 80.9 Å². The zero-order chi connectivity index (χ0) is 21.2. The SMILES string of the molecule is CN1CCCC1CCOc1cccc2c(-c3ccncc3)c(-c3ccc(F)cc3)nn12.Cl. The molecule has 1 unspecified atom stereocenters. The number of nitrogens with zero attached hydrogens (tertiary/aromatic N) is 4. The quantitative estimate of drug-likeness (QED) is 0.388. The molecular formula is C25H26ClFN4O. The molecule has 5 rings (SSSR count). The number of hydrogen-bond acceptors (Lipinski definition) is 4. The Hall–Kier alpha value is -2.96. The molecule has 3 aromatic heterocycles. The number of fused-ring (bicyclic) bond motifs is 1. The first-order chi connectivity index (χ1) is 15.2. The molecular weight excluding hydrogens is 427 g/mol. The zero-order valence-corrected chi connectivity index (χ0v) is 18.8. The van der Waals surface area contributed by atoms with Gasteiger partial charge < -0.3 is 9.64 Å². The van der Waals surface area contributed by atoms with E-state index in [1.807, 2.05) is 34.8 Å². The largest absolute Gasteiger partial charge is 0.478 e. The van der Waals surface area contributed by atoms with Gasteiger partial charge in [-0.1, -0.05) is 6.07 Å². The van der Waals surface area contributed by atoms with Gasteiger partial charge in [-0.25, -0.2) is 4.39 Å². The Morgan fingerprint density at radius 1 is 1.03 bits per heavy atom. The molecule has 0 N–H and O–H groups in total. The van der Waals surface area contributed by atoms with E-state index in [2.05, 4.69) is 16.9 Å². The van der Waals surface area contributed by atoms with Crippen LogP contribution in [0.3, 0.4) is 0 Å². The molecule has 1 aromatic carbocycles. The van der Waals surface area contributed by atoms with Gasteiger partial charge >= 0.3 is 0 Å². The van der Waals surface area contributed by atoms with Crippen LogP contribution in [0.25, 0.3) is 27.9 Å². The summed E-state index contributed by atoms with van der Waals surface area (Å²) in [5, 5.41) is 4.89. The van der Waals surface area contributed by atoms with Gasteiger partial charge in [0.25, 0.3) is 0 Å². The topological polar surface area (TPSA) is 42.7 Å². The molecule has 0 saturated carbocycles. The lowest BCUT2D eigenvalue weighted by Gasteiger charge is -2.19. The molecule has 32 heavy (non-hydrogen) atoms. The Morgan fingerprint density at radius 3 is 2.53 bits per heavy atom. The highest BCUT2D eigenvalue weighted by Gasteiger charge is 2.21. The van der Waals surface area contributed by atoms with Gasteiger partial charge in [0.05, 0.1) is 12.1 Å². The summed E-state index contributed by atoms with van der Waals surface area (Å²) in [6.45, 7) is 1.81. The fourth-order valence-electron chi connectivity index (χ4n) is 4.41. The van der Waals surface area contributed by atoms with E-state index in [-0.39, 0.29) is 18.2 Å². The van der Waals surface area contributed by atoms with E-state index in [9.17, 15) is 4.39 Å². The van der Waals surface area contributed by atoms with E-state index >= 15 is 0 Å². The maximum absolute atomic E-state index is 13.5. The molecule has 0 radical (unpaired) electrons. The Bertz CT molecular complexity index is 1180. The van der Waals surface area contributed by atoms with E-state index in [1.54, 1.807) is 24.5 Å². The van der Waals surface area contributed by atoms with Crippen LogP contribution in [0, 0.1) is 5.82 Å². The van der Waals surface area contributed by atoms with Gasteiger partial charge in [0.15, 0.2) is 0 Å². The lowest BCUT2D eigenvalue weighted by Crippen LogP contribution is -2.26. The molecule has 7 heteroatoms. The van der Waals surface area contributed by atoms with Crippen LogP contribution in [0.4, 0.5) is 4.39 Å². The van der Waals surface area contributed by atoms with Crippen LogP contribution in [0.5, 0.6) is 5.88 Å². The fraction of sp³-hybridized carbons (Fsp3) is 0.280. The normalized spacial score (nSPS) is 16.2. The van der Waals surface area contributed by atoms with Crippen molar-refractivity contribution < 1.29 is 9.13 Å². The second-order valence-corrected chi connectivity index (χ2v) is 8.04. The van der Waals surface area contributed by atoms with Crippen molar-refractivity contribution in [1.29, 1.82) is 0 Å². The van der Waals surface area contributed by atoms with E-state index in [4.69, 9.17) is 9.84 Å². The molecule has 166 valence electrons. The summed E-state index contributed by atoms with van der Waals surface area (Å²) in [4.78, 5) is 6.55. The Balaban J connectivity index is 0.00000245. The number of halogens is 2. The number of hydrogen-bond donors (Lipinski definition) is 0. The minimum Gasteiger partial charge on any atom is -0.478 e. The summed E-state index contributed by atoms with van der Waals surface area (Å²) in [5.41, 5.74) is 4.58. The minimum absolute atomic E-state index is 0. The average Bonchev–Trinajstić information content (AvgIpc) is 3.39. The van der Waals surface area contributed by atoms with Crippen LogP contribution in [-0.2, 0) is 0 Å². The highest BCUT2D eigenvalue weighted by Crippen LogP contribution is 2.36. The van der Waals surface area contributed by atoms with E-state index in [0.717, 1.165) is 40.9 Å². The molecule has 1 saturated heterocycles. The number of benzene rings is 1. The third-order valence-electron chi connectivity index (χ3n) is 6.08. The third-order valence-corrected chi connectivity index (χ3v) is 6.08. The molecule has 0 spiro atoms. The first-order valence-electron chi connectivity index (χ1n) is 10.7. The van der Waals surface area contributed by atoms with E-state index in [0.29, 0.717) is 18.5 Å². The predicted molar refractivity (Wildman–Crippen MR) is 127 cm³/mol. The van der Waals surface area contributed by atoms with Crippen LogP contribution < -0.4 is 4.74 Å². The number of rotatable bonds is 6. The van der Waals surface area contributed by atoms with Gasteiger partial charge in [0, 0.05) is 35.6 Å². The van der Waals surface area contributed by atoms with Crippen molar-refractivity contribution >= 4 is 17.9 Å². The standard InChI is InChI=1S/C25H25FN4O.ClH/c1-29-16-3-4-21(29)13-17-31-23-6-2-5-22-24(18-11-14-27-15-12-18)25(28-30(22)23)19-7-9-20(26)10-8-19;/h2,5-12,14-15,21H,3-4,13,16-17H2,1H3;1H.